The SMILES string of the molecule is CC(C)=CC[C@@H](O)/C(=C/CC/C(C)=C/CC/C(C)=C/Cc1cc(O)cc(C)c1O)CO. The van der Waals surface area contributed by atoms with Gasteiger partial charge in [0.25, 0.3) is 0 Å². The molecule has 1 aromatic carbocycles. The second-order valence-electron chi connectivity index (χ2n) is 8.62. The molecule has 0 unspecified atom stereocenters. The molecule has 4 nitrogen and oxygen atoms in total. The highest BCUT2D eigenvalue weighted by Crippen LogP contribution is 2.28. The van der Waals surface area contributed by atoms with Gasteiger partial charge in [-0.05, 0) is 96.4 Å². The van der Waals surface area contributed by atoms with Gasteiger partial charge in [0.2, 0.25) is 0 Å². The van der Waals surface area contributed by atoms with Crippen LogP contribution in [0.3, 0.4) is 0 Å². The van der Waals surface area contributed by atoms with Crippen LogP contribution in [-0.2, 0) is 6.42 Å². The van der Waals surface area contributed by atoms with E-state index < -0.39 is 6.10 Å². The predicted octanol–water partition coefficient (Wildman–Crippen LogP) is 6.04. The molecule has 1 aromatic rings. The van der Waals surface area contributed by atoms with Crippen molar-refractivity contribution in [2.24, 2.45) is 0 Å². The van der Waals surface area contributed by atoms with Gasteiger partial charge < -0.3 is 20.4 Å². The summed E-state index contributed by atoms with van der Waals surface area (Å²) in [6.07, 6.45) is 12.4. The Bertz CT molecular complexity index is 824. The summed E-state index contributed by atoms with van der Waals surface area (Å²) in [5.41, 5.74) is 5.81. The highest BCUT2D eigenvalue weighted by Gasteiger charge is 2.08. The maximum Gasteiger partial charge on any atom is 0.122 e. The molecule has 1 atom stereocenters. The van der Waals surface area contributed by atoms with Crippen LogP contribution in [0.5, 0.6) is 11.5 Å². The number of phenolic OH excluding ortho intramolecular Hbond substituents is 2. The Morgan fingerprint density at radius 2 is 1.52 bits per heavy atom. The lowest BCUT2D eigenvalue weighted by Crippen LogP contribution is -2.12. The van der Waals surface area contributed by atoms with Crippen molar-refractivity contribution in [1.29, 1.82) is 0 Å². The Balaban J connectivity index is 2.50. The van der Waals surface area contributed by atoms with Crippen LogP contribution in [0.15, 0.2) is 58.7 Å². The second-order valence-corrected chi connectivity index (χ2v) is 8.62. The quantitative estimate of drug-likeness (QED) is 0.242. The van der Waals surface area contributed by atoms with Crippen LogP contribution in [-0.4, -0.2) is 33.1 Å². The zero-order chi connectivity index (χ0) is 23.4. The highest BCUT2D eigenvalue weighted by molar-refractivity contribution is 5.46. The third-order valence-electron chi connectivity index (χ3n) is 5.37. The molecule has 0 fully saturated rings. The predicted molar refractivity (Wildman–Crippen MR) is 129 cm³/mol. The summed E-state index contributed by atoms with van der Waals surface area (Å²) in [5.74, 6) is 0.427. The third kappa shape index (κ3) is 10.5. The molecule has 0 bridgehead atoms. The van der Waals surface area contributed by atoms with Crippen molar-refractivity contribution >= 4 is 0 Å². The summed E-state index contributed by atoms with van der Waals surface area (Å²) < 4.78 is 0. The summed E-state index contributed by atoms with van der Waals surface area (Å²) in [6.45, 7) is 9.86. The average Bonchev–Trinajstić information content (AvgIpc) is 2.70. The molecule has 0 amide bonds. The molecule has 172 valence electrons. The maximum atomic E-state index is 10.2. The second kappa shape index (κ2) is 13.9. The zero-order valence-electron chi connectivity index (χ0n) is 19.8. The van der Waals surface area contributed by atoms with E-state index in [4.69, 9.17) is 0 Å². The van der Waals surface area contributed by atoms with Crippen LogP contribution in [0.2, 0.25) is 0 Å². The summed E-state index contributed by atoms with van der Waals surface area (Å²) in [4.78, 5) is 0. The number of aryl methyl sites for hydroxylation is 1. The first-order valence-corrected chi connectivity index (χ1v) is 11.1. The van der Waals surface area contributed by atoms with Gasteiger partial charge in [-0.15, -0.1) is 0 Å². The molecule has 0 aliphatic rings. The van der Waals surface area contributed by atoms with E-state index >= 15 is 0 Å². The number of rotatable bonds is 12. The minimum atomic E-state index is -0.619. The Kier molecular flexibility index (Phi) is 12.0. The molecule has 0 aliphatic carbocycles. The summed E-state index contributed by atoms with van der Waals surface area (Å²) in [5, 5.41) is 39.5. The Morgan fingerprint density at radius 1 is 0.903 bits per heavy atom. The summed E-state index contributed by atoms with van der Waals surface area (Å²) in [6, 6.07) is 3.17. The summed E-state index contributed by atoms with van der Waals surface area (Å²) >= 11 is 0. The van der Waals surface area contributed by atoms with Crippen LogP contribution < -0.4 is 0 Å². The molecule has 0 spiro atoms. The highest BCUT2D eigenvalue weighted by atomic mass is 16.3. The van der Waals surface area contributed by atoms with Crippen molar-refractivity contribution in [1.82, 2.24) is 0 Å². The number of hydrogen-bond acceptors (Lipinski definition) is 4. The molecular formula is C27H40O4. The standard InChI is InChI=1S/C27H40O4/c1-19(2)12-15-26(30)24(18-28)11-7-10-20(3)8-6-9-21(4)13-14-23-17-25(29)16-22(5)27(23)31/h8,11-13,16-17,26,28-31H,6-7,9-10,14-15,18H2,1-5H3/b20-8+,21-13+,24-11+/t26-/m1/s1. The van der Waals surface area contributed by atoms with Crippen molar-refractivity contribution in [2.45, 2.75) is 79.2 Å². The first kappa shape index (κ1) is 26.7. The first-order valence-electron chi connectivity index (χ1n) is 11.1. The van der Waals surface area contributed by atoms with Crippen molar-refractivity contribution in [3.8, 4) is 11.5 Å². The third-order valence-corrected chi connectivity index (χ3v) is 5.37. The zero-order valence-corrected chi connectivity index (χ0v) is 19.8. The van der Waals surface area contributed by atoms with Gasteiger partial charge in [-0.1, -0.05) is 41.0 Å². The number of benzene rings is 1. The van der Waals surface area contributed by atoms with Gasteiger partial charge in [-0.25, -0.2) is 0 Å². The van der Waals surface area contributed by atoms with E-state index in [1.807, 2.05) is 26.0 Å². The fraction of sp³-hybridized carbons (Fsp3) is 0.481. The van der Waals surface area contributed by atoms with Gasteiger partial charge >= 0.3 is 0 Å². The lowest BCUT2D eigenvalue weighted by atomic mass is 10.0. The largest absolute Gasteiger partial charge is 0.508 e. The van der Waals surface area contributed by atoms with Crippen molar-refractivity contribution in [3.63, 3.8) is 0 Å². The van der Waals surface area contributed by atoms with E-state index in [0.29, 0.717) is 24.0 Å². The average molecular weight is 429 g/mol. The van der Waals surface area contributed by atoms with Crippen LogP contribution in [0, 0.1) is 6.92 Å². The van der Waals surface area contributed by atoms with Crippen LogP contribution >= 0.6 is 0 Å². The minimum absolute atomic E-state index is 0.112. The molecule has 4 N–H and O–H groups in total. The van der Waals surface area contributed by atoms with Gasteiger partial charge in [0.1, 0.15) is 11.5 Å². The molecule has 0 heterocycles. The Hall–Kier alpha value is -2.30. The smallest absolute Gasteiger partial charge is 0.122 e. The fourth-order valence-corrected chi connectivity index (χ4v) is 3.31. The molecule has 31 heavy (non-hydrogen) atoms. The van der Waals surface area contributed by atoms with Crippen molar-refractivity contribution in [3.05, 3.63) is 69.9 Å². The van der Waals surface area contributed by atoms with Gasteiger partial charge in [-0.2, -0.15) is 0 Å². The normalized spacial score (nSPS) is 14.0. The maximum absolute atomic E-state index is 10.2. The van der Waals surface area contributed by atoms with Gasteiger partial charge in [0.05, 0.1) is 12.7 Å². The van der Waals surface area contributed by atoms with Gasteiger partial charge in [0, 0.05) is 5.56 Å². The molecule has 0 saturated heterocycles. The monoisotopic (exact) mass is 428 g/mol. The number of phenols is 2. The van der Waals surface area contributed by atoms with Gasteiger partial charge in [-0.3, -0.25) is 0 Å². The van der Waals surface area contributed by atoms with Crippen LogP contribution in [0.25, 0.3) is 0 Å². The molecular weight excluding hydrogens is 388 g/mol. The van der Waals surface area contributed by atoms with Gasteiger partial charge in [0.15, 0.2) is 0 Å². The van der Waals surface area contributed by atoms with E-state index in [1.165, 1.54) is 11.1 Å². The number of aliphatic hydroxyl groups is 2. The molecule has 0 aliphatic heterocycles. The van der Waals surface area contributed by atoms with E-state index in [9.17, 15) is 20.4 Å². The van der Waals surface area contributed by atoms with Crippen LogP contribution in [0.4, 0.5) is 0 Å². The number of aromatic hydroxyl groups is 2. The minimum Gasteiger partial charge on any atom is -0.508 e. The molecule has 0 saturated carbocycles. The lowest BCUT2D eigenvalue weighted by Gasteiger charge is -2.11. The Morgan fingerprint density at radius 3 is 2.13 bits per heavy atom. The van der Waals surface area contributed by atoms with E-state index in [-0.39, 0.29) is 18.1 Å². The topological polar surface area (TPSA) is 80.9 Å². The van der Waals surface area contributed by atoms with E-state index in [2.05, 4.69) is 26.0 Å². The molecule has 1 rings (SSSR count). The fourth-order valence-electron chi connectivity index (χ4n) is 3.31. The number of aliphatic hydroxyl groups excluding tert-OH is 2. The number of allylic oxidation sites excluding steroid dienone is 6. The molecule has 0 aromatic heterocycles. The Labute approximate surface area is 188 Å². The van der Waals surface area contributed by atoms with Crippen molar-refractivity contribution < 1.29 is 20.4 Å². The number of hydrogen-bond donors (Lipinski definition) is 4. The van der Waals surface area contributed by atoms with E-state index in [1.54, 1.807) is 19.1 Å². The van der Waals surface area contributed by atoms with Crippen LogP contribution in [0.1, 0.15) is 70.9 Å². The lowest BCUT2D eigenvalue weighted by molar-refractivity contribution is 0.189. The van der Waals surface area contributed by atoms with Crippen molar-refractivity contribution in [2.75, 3.05) is 6.61 Å². The molecule has 4 heteroatoms. The van der Waals surface area contributed by atoms with E-state index in [0.717, 1.165) is 36.8 Å². The summed E-state index contributed by atoms with van der Waals surface area (Å²) in [7, 11) is 0. The molecule has 0 radical (unpaired) electrons. The first-order chi connectivity index (χ1) is 14.6.